The third-order valence-corrected chi connectivity index (χ3v) is 4.21. The molecule has 10 nitrogen and oxygen atoms in total. The van der Waals surface area contributed by atoms with E-state index < -0.39 is 0 Å². The van der Waals surface area contributed by atoms with Gasteiger partial charge in [0.05, 0.1) is 12.2 Å². The zero-order valence-corrected chi connectivity index (χ0v) is 17.5. The van der Waals surface area contributed by atoms with Crippen LogP contribution >= 0.6 is 0 Å². The van der Waals surface area contributed by atoms with Gasteiger partial charge in [-0.25, -0.2) is 10.4 Å². The van der Waals surface area contributed by atoms with Gasteiger partial charge in [0.2, 0.25) is 11.8 Å². The molecule has 1 fully saturated rings. The van der Waals surface area contributed by atoms with Crippen molar-refractivity contribution in [3.05, 3.63) is 23.6 Å². The summed E-state index contributed by atoms with van der Waals surface area (Å²) in [7, 11) is 3.99. The number of ether oxygens (including phenoxy) is 1. The summed E-state index contributed by atoms with van der Waals surface area (Å²) in [6.45, 7) is 6.44. The number of nitrogens with one attached hydrogen (secondary N) is 3. The molecular weight excluding hydrogens is 372 g/mol. The normalized spacial score (nSPS) is 14.3. The topological polar surface area (TPSA) is 113 Å². The Labute approximate surface area is 171 Å². The van der Waals surface area contributed by atoms with Gasteiger partial charge in [0.25, 0.3) is 0 Å². The van der Waals surface area contributed by atoms with Crippen molar-refractivity contribution in [2.45, 2.75) is 33.2 Å². The molecule has 0 radical (unpaired) electrons. The molecule has 0 atom stereocenters. The van der Waals surface area contributed by atoms with Gasteiger partial charge in [-0.2, -0.15) is 9.97 Å². The molecule has 3 N–H and O–H groups in total. The number of hydrogen-bond donors (Lipinski definition) is 3. The zero-order valence-electron chi connectivity index (χ0n) is 17.5. The van der Waals surface area contributed by atoms with Crippen LogP contribution in [0.15, 0.2) is 21.6 Å². The molecule has 1 saturated carbocycles. The number of amidine groups is 1. The lowest BCUT2D eigenvalue weighted by molar-refractivity contribution is 0.254. The summed E-state index contributed by atoms with van der Waals surface area (Å²) < 4.78 is 11.0. The highest BCUT2D eigenvalue weighted by molar-refractivity contribution is 5.81. The van der Waals surface area contributed by atoms with Crippen molar-refractivity contribution >= 4 is 17.6 Å². The van der Waals surface area contributed by atoms with Crippen molar-refractivity contribution in [3.8, 4) is 5.88 Å². The van der Waals surface area contributed by atoms with E-state index in [9.17, 15) is 0 Å². The highest BCUT2D eigenvalue weighted by Crippen LogP contribution is 2.27. The number of aryl methyl sites for hydroxylation is 1. The third-order valence-electron chi connectivity index (χ3n) is 4.21. The minimum atomic E-state index is 0.416. The van der Waals surface area contributed by atoms with Gasteiger partial charge in [-0.3, -0.25) is 0 Å². The van der Waals surface area contributed by atoms with Crippen molar-refractivity contribution in [2.75, 3.05) is 39.1 Å². The van der Waals surface area contributed by atoms with E-state index in [0.717, 1.165) is 30.5 Å². The van der Waals surface area contributed by atoms with Gasteiger partial charge < -0.3 is 24.9 Å². The Bertz CT molecular complexity index is 816. The minimum Gasteiger partial charge on any atom is -0.476 e. The summed E-state index contributed by atoms with van der Waals surface area (Å²) in [6, 6.07) is 3.59. The van der Waals surface area contributed by atoms with E-state index in [0.29, 0.717) is 36.6 Å². The second-order valence-electron chi connectivity index (χ2n) is 7.47. The Balaban J connectivity index is 1.66. The quantitative estimate of drug-likeness (QED) is 0.294. The highest BCUT2D eigenvalue weighted by Gasteiger charge is 2.20. The zero-order chi connectivity index (χ0) is 20.6. The maximum absolute atomic E-state index is 5.78. The van der Waals surface area contributed by atoms with Gasteiger partial charge in [-0.05, 0) is 46.7 Å². The SMILES string of the molecule is C/C(=N\c1cc(OCCN(C)C)nc(NCc2cc(C)no2)n1)NNCC1CC1. The van der Waals surface area contributed by atoms with Crippen LogP contribution in [0, 0.1) is 12.8 Å². The Morgan fingerprint density at radius 1 is 1.31 bits per heavy atom. The second kappa shape index (κ2) is 10.2. The molecule has 0 saturated heterocycles. The van der Waals surface area contributed by atoms with Gasteiger partial charge in [0.1, 0.15) is 12.4 Å². The summed E-state index contributed by atoms with van der Waals surface area (Å²) in [5.74, 6) is 3.60. The molecule has 0 aliphatic heterocycles. The highest BCUT2D eigenvalue weighted by atomic mass is 16.5. The first kappa shape index (κ1) is 21.0. The van der Waals surface area contributed by atoms with E-state index in [1.165, 1.54) is 12.8 Å². The van der Waals surface area contributed by atoms with Crippen molar-refractivity contribution in [2.24, 2.45) is 10.9 Å². The lowest BCUT2D eigenvalue weighted by Crippen LogP contribution is -2.37. The number of nitrogens with zero attached hydrogens (tertiary/aromatic N) is 5. The van der Waals surface area contributed by atoms with E-state index in [4.69, 9.17) is 9.26 Å². The van der Waals surface area contributed by atoms with Crippen LogP contribution in [0.1, 0.15) is 31.2 Å². The lowest BCUT2D eigenvalue weighted by Gasteiger charge is -2.12. The van der Waals surface area contributed by atoms with Gasteiger partial charge in [0.15, 0.2) is 11.6 Å². The summed E-state index contributed by atoms with van der Waals surface area (Å²) >= 11 is 0. The molecule has 0 amide bonds. The van der Waals surface area contributed by atoms with Gasteiger partial charge >= 0.3 is 0 Å². The number of hydrogen-bond acceptors (Lipinski definition) is 9. The molecule has 158 valence electrons. The molecule has 2 aromatic rings. The van der Waals surface area contributed by atoms with Crippen LogP contribution in [0.5, 0.6) is 5.88 Å². The van der Waals surface area contributed by atoms with Crippen molar-refractivity contribution in [1.82, 2.24) is 30.9 Å². The summed E-state index contributed by atoms with van der Waals surface area (Å²) in [5.41, 5.74) is 7.13. The molecule has 3 rings (SSSR count). The Morgan fingerprint density at radius 3 is 2.83 bits per heavy atom. The average molecular weight is 403 g/mol. The van der Waals surface area contributed by atoms with E-state index in [1.54, 1.807) is 6.07 Å². The smallest absolute Gasteiger partial charge is 0.228 e. The first-order valence-electron chi connectivity index (χ1n) is 9.85. The molecule has 1 aliphatic carbocycles. The third kappa shape index (κ3) is 7.66. The second-order valence-corrected chi connectivity index (χ2v) is 7.47. The summed E-state index contributed by atoms with van der Waals surface area (Å²) in [6.07, 6.45) is 2.59. The molecule has 29 heavy (non-hydrogen) atoms. The number of anilines is 1. The summed E-state index contributed by atoms with van der Waals surface area (Å²) in [5, 5.41) is 7.03. The van der Waals surface area contributed by atoms with Crippen molar-refractivity contribution in [1.29, 1.82) is 0 Å². The van der Waals surface area contributed by atoms with E-state index >= 15 is 0 Å². The maximum atomic E-state index is 5.78. The number of aliphatic imine (C=N–C) groups is 1. The molecule has 0 bridgehead atoms. The average Bonchev–Trinajstić information content (AvgIpc) is 3.39. The predicted molar refractivity (Wildman–Crippen MR) is 111 cm³/mol. The monoisotopic (exact) mass is 402 g/mol. The fourth-order valence-electron chi connectivity index (χ4n) is 2.47. The lowest BCUT2D eigenvalue weighted by atomic mass is 10.4. The molecular formula is C19H30N8O2. The molecule has 2 aromatic heterocycles. The van der Waals surface area contributed by atoms with Crippen LogP contribution in [0.25, 0.3) is 0 Å². The first-order valence-corrected chi connectivity index (χ1v) is 9.85. The minimum absolute atomic E-state index is 0.416. The fourth-order valence-corrected chi connectivity index (χ4v) is 2.47. The van der Waals surface area contributed by atoms with Crippen LogP contribution in [0.3, 0.4) is 0 Å². The van der Waals surface area contributed by atoms with Crippen molar-refractivity contribution in [3.63, 3.8) is 0 Å². The van der Waals surface area contributed by atoms with Gasteiger partial charge in [-0.1, -0.05) is 5.16 Å². The van der Waals surface area contributed by atoms with Gasteiger partial charge in [-0.15, -0.1) is 0 Å². The standard InChI is InChI=1S/C19H30N8O2/c1-13-9-16(29-26-13)12-20-19-23-17(10-18(24-19)28-8-7-27(3)4)22-14(2)25-21-11-15-5-6-15/h9-10,15,21H,5-8,11-12H2,1-4H3,(H2,20,22,23,24,25). The van der Waals surface area contributed by atoms with Crippen LogP contribution < -0.4 is 20.9 Å². The Morgan fingerprint density at radius 2 is 2.14 bits per heavy atom. The van der Waals surface area contributed by atoms with E-state index in [-0.39, 0.29) is 0 Å². The number of hydrazine groups is 1. The van der Waals surface area contributed by atoms with E-state index in [2.05, 4.69) is 36.3 Å². The molecule has 1 aliphatic rings. The first-order chi connectivity index (χ1) is 14.0. The van der Waals surface area contributed by atoms with E-state index in [1.807, 2.05) is 38.9 Å². The van der Waals surface area contributed by atoms with Gasteiger partial charge in [0, 0.05) is 25.2 Å². The number of likely N-dealkylation sites (N-methyl/N-ethyl adjacent to an activating group) is 1. The molecule has 10 heteroatoms. The fraction of sp³-hybridized carbons (Fsp3) is 0.579. The van der Waals surface area contributed by atoms with Crippen LogP contribution in [0.4, 0.5) is 11.8 Å². The number of aromatic nitrogens is 3. The van der Waals surface area contributed by atoms with Crippen molar-refractivity contribution < 1.29 is 9.26 Å². The van der Waals surface area contributed by atoms with Crippen LogP contribution in [-0.2, 0) is 6.54 Å². The van der Waals surface area contributed by atoms with Crippen LogP contribution in [-0.4, -0.2) is 59.7 Å². The largest absolute Gasteiger partial charge is 0.476 e. The molecule has 0 unspecified atom stereocenters. The molecule has 0 spiro atoms. The maximum Gasteiger partial charge on any atom is 0.228 e. The Kier molecular flexibility index (Phi) is 7.36. The summed E-state index contributed by atoms with van der Waals surface area (Å²) in [4.78, 5) is 15.5. The molecule has 2 heterocycles. The van der Waals surface area contributed by atoms with Crippen LogP contribution in [0.2, 0.25) is 0 Å². The Hall–Kier alpha value is -2.72. The molecule has 0 aromatic carbocycles. The predicted octanol–water partition coefficient (Wildman–Crippen LogP) is 1.88. The number of rotatable bonds is 11.